The van der Waals surface area contributed by atoms with Crippen LogP contribution in [0.3, 0.4) is 0 Å². The van der Waals surface area contributed by atoms with E-state index in [1.807, 2.05) is 0 Å². The number of benzene rings is 7. The SMILES string of the molecule is c1ccc(-c2cccc(-c3cccc(-c4ccccc4-c4ccc5c6c(cccc46)-c4ccccc4-5)c3)c2)cc1. The highest BCUT2D eigenvalue weighted by Crippen LogP contribution is 2.50. The van der Waals surface area contributed by atoms with Gasteiger partial charge >= 0.3 is 0 Å². The van der Waals surface area contributed by atoms with Gasteiger partial charge in [0.25, 0.3) is 0 Å². The molecule has 1 aliphatic carbocycles. The van der Waals surface area contributed by atoms with E-state index in [4.69, 9.17) is 0 Å². The number of hydrogen-bond acceptors (Lipinski definition) is 0. The molecular formula is C40H26. The summed E-state index contributed by atoms with van der Waals surface area (Å²) in [5.41, 5.74) is 15.3. The highest BCUT2D eigenvalue weighted by atomic mass is 14.3. The van der Waals surface area contributed by atoms with Gasteiger partial charge in [0.05, 0.1) is 0 Å². The maximum atomic E-state index is 2.33. The number of rotatable bonds is 4. The molecule has 7 aromatic rings. The molecule has 0 unspecified atom stereocenters. The molecule has 0 saturated heterocycles. The van der Waals surface area contributed by atoms with Gasteiger partial charge in [0, 0.05) is 0 Å². The molecule has 186 valence electrons. The van der Waals surface area contributed by atoms with Gasteiger partial charge in [0.2, 0.25) is 0 Å². The molecule has 0 aliphatic heterocycles. The zero-order chi connectivity index (χ0) is 26.5. The minimum absolute atomic E-state index is 1.22. The van der Waals surface area contributed by atoms with Gasteiger partial charge in [0.15, 0.2) is 0 Å². The van der Waals surface area contributed by atoms with Crippen LogP contribution in [0.25, 0.3) is 77.5 Å². The van der Waals surface area contributed by atoms with Gasteiger partial charge in [-0.25, -0.2) is 0 Å². The van der Waals surface area contributed by atoms with Crippen molar-refractivity contribution in [2.75, 3.05) is 0 Å². The molecule has 0 amide bonds. The standard InChI is InChI=1S/C40H26/c1-2-11-27(12-3-1)28-13-8-14-29(25-28)30-15-9-16-31(26-30)32-17-4-5-18-33(32)36-23-24-39-35-20-7-6-19-34(35)37-21-10-22-38(36)40(37)39/h1-26H. The van der Waals surface area contributed by atoms with Crippen LogP contribution in [-0.2, 0) is 0 Å². The maximum Gasteiger partial charge on any atom is -0.00201 e. The fourth-order valence-corrected chi connectivity index (χ4v) is 6.39. The molecule has 8 rings (SSSR count). The summed E-state index contributed by atoms with van der Waals surface area (Å²) >= 11 is 0. The Bertz CT molecular complexity index is 2020. The monoisotopic (exact) mass is 506 g/mol. The van der Waals surface area contributed by atoms with E-state index >= 15 is 0 Å². The molecule has 0 aromatic heterocycles. The Labute approximate surface area is 234 Å². The fraction of sp³-hybridized carbons (Fsp3) is 0. The van der Waals surface area contributed by atoms with Crippen LogP contribution in [0.5, 0.6) is 0 Å². The van der Waals surface area contributed by atoms with E-state index in [9.17, 15) is 0 Å². The van der Waals surface area contributed by atoms with Crippen molar-refractivity contribution >= 4 is 10.8 Å². The number of fused-ring (bicyclic) bond motifs is 3. The molecule has 0 N–H and O–H groups in total. The second-order valence-electron chi connectivity index (χ2n) is 10.5. The van der Waals surface area contributed by atoms with E-state index in [-0.39, 0.29) is 0 Å². The predicted octanol–water partition coefficient (Wildman–Crippen LogP) is 11.2. The van der Waals surface area contributed by atoms with Gasteiger partial charge in [-0.3, -0.25) is 0 Å². The lowest BCUT2D eigenvalue weighted by Crippen LogP contribution is -1.89. The molecule has 0 bridgehead atoms. The topological polar surface area (TPSA) is 0 Å². The Morgan fingerprint density at radius 2 is 0.650 bits per heavy atom. The maximum absolute atomic E-state index is 2.33. The molecule has 0 atom stereocenters. The first-order valence-electron chi connectivity index (χ1n) is 13.9. The van der Waals surface area contributed by atoms with Gasteiger partial charge in [-0.2, -0.15) is 0 Å². The summed E-state index contributed by atoms with van der Waals surface area (Å²) in [6.07, 6.45) is 0. The van der Waals surface area contributed by atoms with Gasteiger partial charge in [-0.1, -0.05) is 146 Å². The Morgan fingerprint density at radius 1 is 0.225 bits per heavy atom. The Hall–Kier alpha value is -5.20. The molecule has 1 aliphatic rings. The summed E-state index contributed by atoms with van der Waals surface area (Å²) in [6, 6.07) is 57.4. The van der Waals surface area contributed by atoms with E-state index in [0.717, 1.165) is 0 Å². The fourth-order valence-electron chi connectivity index (χ4n) is 6.39. The van der Waals surface area contributed by atoms with Gasteiger partial charge in [0.1, 0.15) is 0 Å². The largest absolute Gasteiger partial charge is 0.0622 e. The summed E-state index contributed by atoms with van der Waals surface area (Å²) in [7, 11) is 0. The summed E-state index contributed by atoms with van der Waals surface area (Å²) in [6.45, 7) is 0. The van der Waals surface area contributed by atoms with Crippen molar-refractivity contribution in [2.45, 2.75) is 0 Å². The highest BCUT2D eigenvalue weighted by Gasteiger charge is 2.22. The molecular weight excluding hydrogens is 480 g/mol. The van der Waals surface area contributed by atoms with Crippen LogP contribution < -0.4 is 0 Å². The lowest BCUT2D eigenvalue weighted by Gasteiger charge is -2.15. The van der Waals surface area contributed by atoms with E-state index < -0.39 is 0 Å². The third-order valence-corrected chi connectivity index (χ3v) is 8.24. The minimum Gasteiger partial charge on any atom is -0.0622 e. The van der Waals surface area contributed by atoms with Crippen LogP contribution >= 0.6 is 0 Å². The van der Waals surface area contributed by atoms with Crippen molar-refractivity contribution in [3.05, 3.63) is 158 Å². The molecule has 0 spiro atoms. The van der Waals surface area contributed by atoms with Crippen LogP contribution in [0.15, 0.2) is 158 Å². The third kappa shape index (κ3) is 3.61. The van der Waals surface area contributed by atoms with Crippen molar-refractivity contribution in [1.82, 2.24) is 0 Å². The van der Waals surface area contributed by atoms with Crippen LogP contribution in [-0.4, -0.2) is 0 Å². The van der Waals surface area contributed by atoms with Gasteiger partial charge in [-0.15, -0.1) is 0 Å². The van der Waals surface area contributed by atoms with Gasteiger partial charge in [-0.05, 0) is 89.7 Å². The van der Waals surface area contributed by atoms with E-state index in [1.54, 1.807) is 0 Å². The average Bonchev–Trinajstić information content (AvgIpc) is 3.37. The number of hydrogen-bond donors (Lipinski definition) is 0. The smallest absolute Gasteiger partial charge is 0.00201 e. The van der Waals surface area contributed by atoms with E-state index in [0.29, 0.717) is 0 Å². The Balaban J connectivity index is 1.26. The van der Waals surface area contributed by atoms with Crippen molar-refractivity contribution in [1.29, 1.82) is 0 Å². The van der Waals surface area contributed by atoms with Crippen LogP contribution in [0.2, 0.25) is 0 Å². The Kier molecular flexibility index (Phi) is 5.24. The van der Waals surface area contributed by atoms with Gasteiger partial charge < -0.3 is 0 Å². The lowest BCUT2D eigenvalue weighted by atomic mass is 9.89. The first kappa shape index (κ1) is 22.8. The normalized spacial score (nSPS) is 11.5. The summed E-state index contributed by atoms with van der Waals surface area (Å²) in [4.78, 5) is 0. The zero-order valence-corrected chi connectivity index (χ0v) is 22.0. The summed E-state index contributed by atoms with van der Waals surface area (Å²) in [5.74, 6) is 0. The molecule has 0 radical (unpaired) electrons. The zero-order valence-electron chi connectivity index (χ0n) is 22.0. The van der Waals surface area contributed by atoms with Crippen LogP contribution in [0, 0.1) is 0 Å². The molecule has 0 saturated carbocycles. The molecule has 0 heterocycles. The highest BCUT2D eigenvalue weighted by molar-refractivity contribution is 6.19. The first-order chi connectivity index (χ1) is 19.8. The molecule has 0 fully saturated rings. The van der Waals surface area contributed by atoms with Crippen molar-refractivity contribution in [3.63, 3.8) is 0 Å². The van der Waals surface area contributed by atoms with E-state index in [2.05, 4.69) is 158 Å². The van der Waals surface area contributed by atoms with Crippen molar-refractivity contribution in [2.24, 2.45) is 0 Å². The van der Waals surface area contributed by atoms with E-state index in [1.165, 1.54) is 77.5 Å². The molecule has 0 heteroatoms. The second kappa shape index (κ2) is 9.22. The average molecular weight is 507 g/mol. The van der Waals surface area contributed by atoms with Crippen LogP contribution in [0.1, 0.15) is 0 Å². The quantitative estimate of drug-likeness (QED) is 0.223. The Morgan fingerprint density at radius 3 is 1.35 bits per heavy atom. The minimum atomic E-state index is 1.22. The predicted molar refractivity (Wildman–Crippen MR) is 170 cm³/mol. The molecule has 0 nitrogen and oxygen atoms in total. The molecule has 40 heavy (non-hydrogen) atoms. The van der Waals surface area contributed by atoms with Crippen molar-refractivity contribution < 1.29 is 0 Å². The first-order valence-corrected chi connectivity index (χ1v) is 13.9. The molecule has 7 aromatic carbocycles. The van der Waals surface area contributed by atoms with Crippen LogP contribution in [0.4, 0.5) is 0 Å². The third-order valence-electron chi connectivity index (χ3n) is 8.24. The van der Waals surface area contributed by atoms with Crippen molar-refractivity contribution in [3.8, 4) is 66.8 Å². The second-order valence-corrected chi connectivity index (χ2v) is 10.5. The lowest BCUT2D eigenvalue weighted by molar-refractivity contribution is 1.57. The summed E-state index contributed by atoms with van der Waals surface area (Å²) in [5, 5.41) is 2.67. The summed E-state index contributed by atoms with van der Waals surface area (Å²) < 4.78 is 0.